The normalized spacial score (nSPS) is 37.2. The van der Waals surface area contributed by atoms with Gasteiger partial charge < -0.3 is 24.3 Å². The molecule has 3 fully saturated rings. The fourth-order valence-corrected chi connectivity index (χ4v) is 7.68. The molecule has 0 saturated heterocycles. The number of carbonyl (C=O) groups excluding carboxylic acids is 2. The van der Waals surface area contributed by atoms with Gasteiger partial charge >= 0.3 is 6.09 Å². The number of ether oxygens (including phenoxy) is 4. The molecular weight excluding hydrogens is 410 g/mol. The number of hydrogen-bond donors (Lipinski definition) is 1. The Hall–Kier alpha value is -2.12. The Morgan fingerprint density at radius 1 is 1.16 bits per heavy atom. The van der Waals surface area contributed by atoms with Crippen molar-refractivity contribution in [3.8, 4) is 5.75 Å². The summed E-state index contributed by atoms with van der Waals surface area (Å²) in [7, 11) is 4.69. The number of rotatable bonds is 5. The van der Waals surface area contributed by atoms with Crippen molar-refractivity contribution in [2.24, 2.45) is 23.7 Å². The Morgan fingerprint density at radius 3 is 2.72 bits per heavy atom. The summed E-state index contributed by atoms with van der Waals surface area (Å²) in [6.07, 6.45) is 5.52. The van der Waals surface area contributed by atoms with Gasteiger partial charge in [0.2, 0.25) is 0 Å². The predicted molar refractivity (Wildman–Crippen MR) is 116 cm³/mol. The Bertz CT molecular complexity index is 918. The van der Waals surface area contributed by atoms with Crippen LogP contribution in [-0.2, 0) is 31.0 Å². The number of benzene rings is 1. The summed E-state index contributed by atoms with van der Waals surface area (Å²) in [5, 5.41) is 3.33. The fraction of sp³-hybridized carbons (Fsp3) is 0.680. The van der Waals surface area contributed by atoms with Crippen molar-refractivity contribution in [1.29, 1.82) is 0 Å². The number of alkyl carbamates (subject to hydrolysis) is 1. The fourth-order valence-electron chi connectivity index (χ4n) is 7.68. The molecule has 1 amide bonds. The molecule has 3 saturated carbocycles. The van der Waals surface area contributed by atoms with E-state index in [1.807, 2.05) is 6.07 Å². The summed E-state index contributed by atoms with van der Waals surface area (Å²) >= 11 is 0. The summed E-state index contributed by atoms with van der Waals surface area (Å²) in [6, 6.07) is 6.11. The molecule has 1 aromatic carbocycles. The second kappa shape index (κ2) is 8.03. The first-order valence-electron chi connectivity index (χ1n) is 11.7. The number of carbonyl (C=O) groups is 2. The highest BCUT2D eigenvalue weighted by atomic mass is 16.7. The number of nitrogens with one attached hydrogen (secondary N) is 1. The first kappa shape index (κ1) is 21.7. The van der Waals surface area contributed by atoms with E-state index < -0.39 is 17.2 Å². The van der Waals surface area contributed by atoms with Crippen LogP contribution in [0.1, 0.15) is 49.7 Å². The van der Waals surface area contributed by atoms with Gasteiger partial charge in [0.25, 0.3) is 0 Å². The van der Waals surface area contributed by atoms with Crippen LogP contribution in [-0.4, -0.2) is 45.5 Å². The lowest BCUT2D eigenvalue weighted by molar-refractivity contribution is -0.175. The topological polar surface area (TPSA) is 83.1 Å². The maximum Gasteiger partial charge on any atom is 0.407 e. The van der Waals surface area contributed by atoms with Crippen molar-refractivity contribution in [1.82, 2.24) is 5.32 Å². The minimum absolute atomic E-state index is 0.00590. The Labute approximate surface area is 189 Å². The zero-order valence-electron chi connectivity index (χ0n) is 19.1. The SMILES string of the molecule is COCOC12CC(Cc3cc(OC)ccc31)C1(NC(=O)OC)C3CCCCC3C(=O)CC21. The molecular formula is C25H33NO6. The molecule has 6 unspecified atom stereocenters. The van der Waals surface area contributed by atoms with Crippen LogP contribution in [0.2, 0.25) is 0 Å². The van der Waals surface area contributed by atoms with Crippen molar-refractivity contribution >= 4 is 11.9 Å². The lowest BCUT2D eigenvalue weighted by Crippen LogP contribution is -2.67. The molecule has 7 heteroatoms. The molecule has 5 rings (SSSR count). The van der Waals surface area contributed by atoms with Crippen molar-refractivity contribution < 1.29 is 28.5 Å². The van der Waals surface area contributed by atoms with Crippen LogP contribution < -0.4 is 10.1 Å². The second-order valence-electron chi connectivity index (χ2n) is 9.84. The smallest absolute Gasteiger partial charge is 0.407 e. The summed E-state index contributed by atoms with van der Waals surface area (Å²) in [5.41, 5.74) is 1.01. The van der Waals surface area contributed by atoms with E-state index in [1.54, 1.807) is 14.2 Å². The van der Waals surface area contributed by atoms with Crippen molar-refractivity contribution in [2.45, 2.75) is 56.1 Å². The van der Waals surface area contributed by atoms with E-state index in [1.165, 1.54) is 7.11 Å². The van der Waals surface area contributed by atoms with Crippen LogP contribution in [0.4, 0.5) is 4.79 Å². The van der Waals surface area contributed by atoms with Gasteiger partial charge in [0.15, 0.2) is 0 Å². The first-order chi connectivity index (χ1) is 15.5. The number of hydrogen-bond acceptors (Lipinski definition) is 6. The molecule has 0 spiro atoms. The molecule has 32 heavy (non-hydrogen) atoms. The summed E-state index contributed by atoms with van der Waals surface area (Å²) in [4.78, 5) is 26.2. The van der Waals surface area contributed by atoms with Gasteiger partial charge in [0.1, 0.15) is 23.9 Å². The minimum Gasteiger partial charge on any atom is -0.497 e. The molecule has 1 aromatic rings. The van der Waals surface area contributed by atoms with Crippen LogP contribution in [0.5, 0.6) is 5.75 Å². The van der Waals surface area contributed by atoms with E-state index in [2.05, 4.69) is 17.4 Å². The Kier molecular flexibility index (Phi) is 5.45. The van der Waals surface area contributed by atoms with Gasteiger partial charge in [-0.05, 0) is 60.8 Å². The van der Waals surface area contributed by atoms with Gasteiger partial charge in [0.05, 0.1) is 19.8 Å². The third kappa shape index (κ3) is 2.93. The van der Waals surface area contributed by atoms with E-state index in [0.717, 1.165) is 55.4 Å². The predicted octanol–water partition coefficient (Wildman–Crippen LogP) is 3.58. The van der Waals surface area contributed by atoms with Crippen molar-refractivity contribution in [3.05, 3.63) is 29.3 Å². The van der Waals surface area contributed by atoms with Crippen molar-refractivity contribution in [2.75, 3.05) is 28.1 Å². The van der Waals surface area contributed by atoms with Crippen LogP contribution in [0, 0.1) is 23.7 Å². The van der Waals surface area contributed by atoms with Crippen molar-refractivity contribution in [3.63, 3.8) is 0 Å². The summed E-state index contributed by atoms with van der Waals surface area (Å²) in [5.74, 6) is 1.17. The zero-order chi connectivity index (χ0) is 22.5. The maximum absolute atomic E-state index is 13.4. The summed E-state index contributed by atoms with van der Waals surface area (Å²) in [6.45, 7) is 0.130. The molecule has 1 N–H and O–H groups in total. The van der Waals surface area contributed by atoms with Crippen LogP contribution >= 0.6 is 0 Å². The number of amides is 1. The standard InChI is InChI=1S/C25H33NO6/c1-29-14-32-24-13-16(10-15-11-17(30-2)8-9-19(15)24)25(26-23(28)31-3)20-7-5-4-6-18(20)21(27)12-22(24)25/h8-9,11,16,18,20,22H,4-7,10,12-14H2,1-3H3,(H,26,28). The maximum atomic E-state index is 13.4. The van der Waals surface area contributed by atoms with E-state index in [4.69, 9.17) is 18.9 Å². The van der Waals surface area contributed by atoms with E-state index in [-0.39, 0.29) is 30.5 Å². The third-order valence-corrected chi connectivity index (χ3v) is 8.74. The lowest BCUT2D eigenvalue weighted by atomic mass is 9.54. The molecule has 174 valence electrons. The zero-order valence-corrected chi connectivity index (χ0v) is 19.1. The lowest BCUT2D eigenvalue weighted by Gasteiger charge is -2.54. The first-order valence-corrected chi connectivity index (χ1v) is 11.7. The largest absolute Gasteiger partial charge is 0.497 e. The van der Waals surface area contributed by atoms with E-state index in [9.17, 15) is 9.59 Å². The average molecular weight is 444 g/mol. The van der Waals surface area contributed by atoms with Gasteiger partial charge in [0, 0.05) is 25.4 Å². The molecule has 2 bridgehead atoms. The highest BCUT2D eigenvalue weighted by molar-refractivity contribution is 5.84. The van der Waals surface area contributed by atoms with E-state index >= 15 is 0 Å². The molecule has 0 aliphatic heterocycles. The Balaban J connectivity index is 1.70. The van der Waals surface area contributed by atoms with Crippen LogP contribution in [0.15, 0.2) is 18.2 Å². The molecule has 6 atom stereocenters. The Morgan fingerprint density at radius 2 is 1.97 bits per heavy atom. The van der Waals surface area contributed by atoms with E-state index in [0.29, 0.717) is 12.2 Å². The van der Waals surface area contributed by atoms with Crippen LogP contribution in [0.3, 0.4) is 0 Å². The molecule has 7 nitrogen and oxygen atoms in total. The second-order valence-corrected chi connectivity index (χ2v) is 9.84. The van der Waals surface area contributed by atoms with Gasteiger partial charge in [-0.15, -0.1) is 0 Å². The van der Waals surface area contributed by atoms with Crippen LogP contribution in [0.25, 0.3) is 0 Å². The number of ketones is 1. The summed E-state index contributed by atoms with van der Waals surface area (Å²) < 4.78 is 22.5. The molecule has 4 aliphatic carbocycles. The monoisotopic (exact) mass is 443 g/mol. The van der Waals surface area contributed by atoms with Gasteiger partial charge in [-0.1, -0.05) is 18.9 Å². The average Bonchev–Trinajstić information content (AvgIpc) is 3.03. The number of Topliss-reactive ketones (excluding diaryl/α,β-unsaturated/α-hetero) is 1. The van der Waals surface area contributed by atoms with Gasteiger partial charge in [-0.2, -0.15) is 0 Å². The highest BCUT2D eigenvalue weighted by Gasteiger charge is 2.72. The quantitative estimate of drug-likeness (QED) is 0.701. The highest BCUT2D eigenvalue weighted by Crippen LogP contribution is 2.67. The molecule has 4 aliphatic rings. The number of fused-ring (bicyclic) bond motifs is 9. The molecule has 0 heterocycles. The van der Waals surface area contributed by atoms with Gasteiger partial charge in [-0.25, -0.2) is 4.79 Å². The minimum atomic E-state index is -0.695. The van der Waals surface area contributed by atoms with Gasteiger partial charge in [-0.3, -0.25) is 4.79 Å². The number of methoxy groups -OCH3 is 3. The third-order valence-electron chi connectivity index (χ3n) is 8.74. The molecule has 0 aromatic heterocycles. The molecule has 0 radical (unpaired) electrons.